The summed E-state index contributed by atoms with van der Waals surface area (Å²) in [5.41, 5.74) is 0.712. The van der Waals surface area contributed by atoms with Gasteiger partial charge in [-0.25, -0.2) is 0 Å². The maximum absolute atomic E-state index is 2.60. The zero-order valence-corrected chi connectivity index (χ0v) is 8.34. The topological polar surface area (TPSA) is 6.48 Å². The molecule has 0 bridgehead atoms. The number of likely N-dealkylation sites (tertiary alicyclic amines) is 2. The lowest BCUT2D eigenvalue weighted by molar-refractivity contribution is 0.0106. The van der Waals surface area contributed by atoms with Crippen molar-refractivity contribution in [2.24, 2.45) is 5.41 Å². The van der Waals surface area contributed by atoms with Crippen molar-refractivity contribution in [1.82, 2.24) is 9.80 Å². The molecule has 0 aromatic rings. The predicted octanol–water partition coefficient (Wildman–Crippen LogP) is 1.03. The van der Waals surface area contributed by atoms with Gasteiger partial charge in [-0.15, -0.1) is 0 Å². The summed E-state index contributed by atoms with van der Waals surface area (Å²) in [4.78, 5) is 5.07. The lowest BCUT2D eigenvalue weighted by Gasteiger charge is -2.48. The van der Waals surface area contributed by atoms with E-state index in [-0.39, 0.29) is 0 Å². The van der Waals surface area contributed by atoms with E-state index in [0.29, 0.717) is 5.41 Å². The lowest BCUT2D eigenvalue weighted by Crippen LogP contribution is -2.57. The molecule has 1 spiro atoms. The summed E-state index contributed by atoms with van der Waals surface area (Å²) in [5, 5.41) is 0. The maximum atomic E-state index is 2.60. The van der Waals surface area contributed by atoms with Gasteiger partial charge in [0.1, 0.15) is 0 Å². The Morgan fingerprint density at radius 2 is 2.00 bits per heavy atom. The second kappa shape index (κ2) is 3.00. The van der Waals surface area contributed by atoms with Crippen molar-refractivity contribution in [3.63, 3.8) is 0 Å². The van der Waals surface area contributed by atoms with Crippen LogP contribution in [0.25, 0.3) is 0 Å². The molecule has 2 aliphatic heterocycles. The number of hydrogen-bond acceptors (Lipinski definition) is 2. The van der Waals surface area contributed by atoms with Crippen molar-refractivity contribution in [1.29, 1.82) is 0 Å². The number of nitrogens with zero attached hydrogens (tertiary/aromatic N) is 2. The summed E-state index contributed by atoms with van der Waals surface area (Å²) < 4.78 is 0. The van der Waals surface area contributed by atoms with Crippen LogP contribution in [0.5, 0.6) is 0 Å². The summed E-state index contributed by atoms with van der Waals surface area (Å²) in [6.07, 6.45) is 2.75. The van der Waals surface area contributed by atoms with Crippen LogP contribution in [0, 0.1) is 5.41 Å². The summed E-state index contributed by atoms with van der Waals surface area (Å²) in [6.45, 7) is 8.97. The molecule has 2 aliphatic rings. The summed E-state index contributed by atoms with van der Waals surface area (Å²) >= 11 is 0. The van der Waals surface area contributed by atoms with Crippen LogP contribution in [0.2, 0.25) is 0 Å². The van der Waals surface area contributed by atoms with E-state index in [4.69, 9.17) is 0 Å². The highest BCUT2D eigenvalue weighted by Crippen LogP contribution is 2.38. The fourth-order valence-electron chi connectivity index (χ4n) is 2.79. The van der Waals surface area contributed by atoms with E-state index < -0.39 is 0 Å². The fraction of sp³-hybridized carbons (Fsp3) is 1.00. The van der Waals surface area contributed by atoms with Crippen molar-refractivity contribution in [2.75, 3.05) is 39.8 Å². The molecule has 2 heteroatoms. The van der Waals surface area contributed by atoms with Crippen LogP contribution in [0.4, 0.5) is 0 Å². The van der Waals surface area contributed by atoms with Gasteiger partial charge in [0.2, 0.25) is 0 Å². The molecular weight excluding hydrogens is 148 g/mol. The first kappa shape index (κ1) is 8.52. The van der Waals surface area contributed by atoms with Crippen LogP contribution in [-0.4, -0.2) is 49.6 Å². The third-order valence-corrected chi connectivity index (χ3v) is 3.29. The van der Waals surface area contributed by atoms with Crippen molar-refractivity contribution >= 4 is 0 Å². The Labute approximate surface area is 75.5 Å². The van der Waals surface area contributed by atoms with Crippen LogP contribution >= 0.6 is 0 Å². The van der Waals surface area contributed by atoms with Gasteiger partial charge in [0.05, 0.1) is 0 Å². The third kappa shape index (κ3) is 1.38. The molecule has 0 unspecified atom stereocenters. The Morgan fingerprint density at radius 3 is 2.50 bits per heavy atom. The Hall–Kier alpha value is -0.0800. The summed E-state index contributed by atoms with van der Waals surface area (Å²) in [6, 6.07) is 0. The van der Waals surface area contributed by atoms with E-state index in [9.17, 15) is 0 Å². The zero-order valence-electron chi connectivity index (χ0n) is 8.34. The second-order valence-electron chi connectivity index (χ2n) is 4.70. The minimum Gasteiger partial charge on any atom is -0.306 e. The summed E-state index contributed by atoms with van der Waals surface area (Å²) in [5.74, 6) is 0. The molecule has 0 aliphatic carbocycles. The van der Waals surface area contributed by atoms with E-state index >= 15 is 0 Å². The minimum atomic E-state index is 0.712. The average molecular weight is 168 g/mol. The molecule has 2 nitrogen and oxygen atoms in total. The van der Waals surface area contributed by atoms with Gasteiger partial charge in [0.25, 0.3) is 0 Å². The molecule has 2 rings (SSSR count). The van der Waals surface area contributed by atoms with Crippen LogP contribution < -0.4 is 0 Å². The average Bonchev–Trinajstić information content (AvgIpc) is 2.31. The van der Waals surface area contributed by atoms with Gasteiger partial charge in [-0.05, 0) is 33.0 Å². The molecule has 0 N–H and O–H groups in total. The Bertz CT molecular complexity index is 161. The highest BCUT2D eigenvalue weighted by atomic mass is 15.3. The van der Waals surface area contributed by atoms with E-state index in [1.807, 2.05) is 0 Å². The normalized spacial score (nSPS) is 29.5. The van der Waals surface area contributed by atoms with E-state index in [1.165, 1.54) is 45.6 Å². The van der Waals surface area contributed by atoms with Crippen molar-refractivity contribution in [2.45, 2.75) is 19.8 Å². The summed E-state index contributed by atoms with van der Waals surface area (Å²) in [7, 11) is 2.25. The fourth-order valence-corrected chi connectivity index (χ4v) is 2.79. The lowest BCUT2D eigenvalue weighted by atomic mass is 9.79. The minimum absolute atomic E-state index is 0.712. The predicted molar refractivity (Wildman–Crippen MR) is 51.3 cm³/mol. The molecule has 0 atom stereocenters. The van der Waals surface area contributed by atoms with E-state index in [1.54, 1.807) is 0 Å². The highest BCUT2D eigenvalue weighted by Gasteiger charge is 2.45. The highest BCUT2D eigenvalue weighted by molar-refractivity contribution is 5.00. The molecule has 2 heterocycles. The molecule has 12 heavy (non-hydrogen) atoms. The molecule has 2 saturated heterocycles. The van der Waals surface area contributed by atoms with Gasteiger partial charge < -0.3 is 9.80 Å². The molecular formula is C10H20N2. The first-order valence-electron chi connectivity index (χ1n) is 5.15. The quantitative estimate of drug-likeness (QED) is 0.608. The molecule has 0 saturated carbocycles. The first-order chi connectivity index (χ1) is 5.74. The molecule has 0 aromatic heterocycles. The number of hydrogen-bond donors (Lipinski definition) is 0. The van der Waals surface area contributed by atoms with Crippen molar-refractivity contribution < 1.29 is 0 Å². The first-order valence-corrected chi connectivity index (χ1v) is 5.15. The SMILES string of the molecule is CCCN1CC2(CCN(C)C2)C1. The maximum Gasteiger partial charge on any atom is 0.00968 e. The number of rotatable bonds is 2. The van der Waals surface area contributed by atoms with Gasteiger partial charge in [0, 0.05) is 25.0 Å². The molecule has 0 aromatic carbocycles. The molecule has 70 valence electrons. The van der Waals surface area contributed by atoms with Gasteiger partial charge >= 0.3 is 0 Å². The van der Waals surface area contributed by atoms with Crippen molar-refractivity contribution in [3.8, 4) is 0 Å². The van der Waals surface area contributed by atoms with Crippen molar-refractivity contribution in [3.05, 3.63) is 0 Å². The Kier molecular flexibility index (Phi) is 2.13. The third-order valence-electron chi connectivity index (χ3n) is 3.29. The van der Waals surface area contributed by atoms with Crippen LogP contribution in [0.1, 0.15) is 19.8 Å². The van der Waals surface area contributed by atoms with Gasteiger partial charge in [0.15, 0.2) is 0 Å². The van der Waals surface area contributed by atoms with Gasteiger partial charge in [-0.3, -0.25) is 0 Å². The molecule has 0 radical (unpaired) electrons. The Morgan fingerprint density at radius 1 is 1.25 bits per heavy atom. The smallest absolute Gasteiger partial charge is 0.00968 e. The second-order valence-corrected chi connectivity index (χ2v) is 4.70. The van der Waals surface area contributed by atoms with Crippen LogP contribution in [0.15, 0.2) is 0 Å². The van der Waals surface area contributed by atoms with Gasteiger partial charge in [-0.1, -0.05) is 6.92 Å². The molecule has 0 amide bonds. The standard InChI is InChI=1S/C10H20N2/c1-3-5-12-8-10(9-12)4-6-11(2)7-10/h3-9H2,1-2H3. The van der Waals surface area contributed by atoms with Crippen LogP contribution in [0.3, 0.4) is 0 Å². The monoisotopic (exact) mass is 168 g/mol. The van der Waals surface area contributed by atoms with Crippen LogP contribution in [-0.2, 0) is 0 Å². The van der Waals surface area contributed by atoms with E-state index in [0.717, 1.165) is 0 Å². The van der Waals surface area contributed by atoms with Gasteiger partial charge in [-0.2, -0.15) is 0 Å². The largest absolute Gasteiger partial charge is 0.306 e. The Balaban J connectivity index is 1.79. The zero-order chi connectivity index (χ0) is 8.60. The molecule has 2 fully saturated rings. The van der Waals surface area contributed by atoms with E-state index in [2.05, 4.69) is 23.8 Å².